The monoisotopic (exact) mass is 1010 g/mol. The van der Waals surface area contributed by atoms with Crippen molar-refractivity contribution in [3.8, 4) is 6.01 Å². The first-order valence-corrected chi connectivity index (χ1v) is 25.6. The second-order valence-corrected chi connectivity index (χ2v) is 20.6. The maximum absolute atomic E-state index is 15.3. The van der Waals surface area contributed by atoms with E-state index in [1.807, 2.05) is 85.0 Å². The number of benzene rings is 2. The van der Waals surface area contributed by atoms with E-state index < -0.39 is 78.2 Å². The number of aldehydes is 1. The van der Waals surface area contributed by atoms with Crippen LogP contribution in [0, 0.1) is 11.8 Å². The fourth-order valence-electron chi connectivity index (χ4n) is 9.27. The van der Waals surface area contributed by atoms with Crippen molar-refractivity contribution >= 4 is 63.5 Å². The molecule has 4 N–H and O–H groups in total. The number of ether oxygens (including phenoxy) is 1. The molecule has 1 saturated heterocycles. The summed E-state index contributed by atoms with van der Waals surface area (Å²) < 4.78 is 19.7. The van der Waals surface area contributed by atoms with Crippen LogP contribution in [-0.4, -0.2) is 123 Å². The standard InChI is InChI=1S/C55H76FN9O8/c1-11-13-19-42(59-52(71)47(26-35(5)6)64-24-17-16-21-48(64)67)49(68)61-44(29-39-31-65(55(8,9)12-2)45-20-15-14-18-40(39)45)53(72)63(10)46(25-34(3)4)51(70)60-43(50(69)58-36(7)32-66)28-37-22-23-41-38(27-37)30-57-54(62-41)73-33-56/h12,14-15,18,20,22-23,27,30-32,34-36,42-44,46-47H,2,11,13,16-17,19,21,24-26,28-29,33H2,1,3-10H3,(H,58,69)(H,59,71)(H,60,70)(H,61,68)/t36-,42-,43-,44-,46-,47-/m0/s1. The number of carbonyl (C=O) groups excluding carboxylic acids is 7. The van der Waals surface area contributed by atoms with Crippen LogP contribution < -0.4 is 26.0 Å². The maximum atomic E-state index is 15.3. The first-order chi connectivity index (χ1) is 34.7. The van der Waals surface area contributed by atoms with Crippen LogP contribution in [0.25, 0.3) is 21.8 Å². The Balaban J connectivity index is 1.52. The van der Waals surface area contributed by atoms with Crippen LogP contribution in [0.1, 0.15) is 118 Å². The van der Waals surface area contributed by atoms with Gasteiger partial charge in [0, 0.05) is 61.5 Å². The number of carbonyl (C=O) groups is 7. The van der Waals surface area contributed by atoms with Crippen molar-refractivity contribution in [2.45, 2.75) is 161 Å². The minimum Gasteiger partial charge on any atom is -0.431 e. The van der Waals surface area contributed by atoms with Gasteiger partial charge in [-0.1, -0.05) is 77.8 Å². The van der Waals surface area contributed by atoms with Crippen molar-refractivity contribution in [3.63, 3.8) is 0 Å². The first-order valence-electron chi connectivity index (χ1n) is 25.6. The Kier molecular flexibility index (Phi) is 20.6. The number of likely N-dealkylation sites (tertiary alicyclic amines) is 1. The number of unbranched alkanes of at least 4 members (excludes halogenated alkanes) is 1. The van der Waals surface area contributed by atoms with Crippen LogP contribution in [0.2, 0.25) is 0 Å². The maximum Gasteiger partial charge on any atom is 0.319 e. The number of hydrogen-bond donors (Lipinski definition) is 4. The van der Waals surface area contributed by atoms with Crippen LogP contribution in [0.4, 0.5) is 4.39 Å². The second kappa shape index (κ2) is 26.3. The molecule has 0 bridgehead atoms. The fourth-order valence-corrected chi connectivity index (χ4v) is 9.27. The molecule has 0 saturated carbocycles. The topological polar surface area (TPSA) is 214 Å². The fraction of sp³-hybridized carbons (Fsp3) is 0.545. The largest absolute Gasteiger partial charge is 0.431 e. The smallest absolute Gasteiger partial charge is 0.319 e. The molecule has 5 rings (SSSR count). The van der Waals surface area contributed by atoms with Gasteiger partial charge < -0.3 is 45.2 Å². The van der Waals surface area contributed by atoms with E-state index in [0.29, 0.717) is 48.6 Å². The van der Waals surface area contributed by atoms with Crippen molar-refractivity contribution in [2.24, 2.45) is 11.8 Å². The summed E-state index contributed by atoms with van der Waals surface area (Å²) in [6.45, 7) is 18.7. The quantitative estimate of drug-likeness (QED) is 0.0390. The lowest BCUT2D eigenvalue weighted by molar-refractivity contribution is -0.144. The highest BCUT2D eigenvalue weighted by molar-refractivity contribution is 5.97. The number of nitrogens with one attached hydrogen (secondary N) is 4. The highest BCUT2D eigenvalue weighted by Gasteiger charge is 2.38. The van der Waals surface area contributed by atoms with Gasteiger partial charge in [-0.3, -0.25) is 28.8 Å². The lowest BCUT2D eigenvalue weighted by atomic mass is 9.97. The molecule has 73 heavy (non-hydrogen) atoms. The lowest BCUT2D eigenvalue weighted by Gasteiger charge is -2.36. The zero-order valence-electron chi connectivity index (χ0n) is 44.0. The van der Waals surface area contributed by atoms with Crippen LogP contribution in [0.5, 0.6) is 6.01 Å². The lowest BCUT2D eigenvalue weighted by Crippen LogP contribution is -2.60. The average molecular weight is 1010 g/mol. The number of allylic oxidation sites excluding steroid dienone is 1. The number of rotatable bonds is 27. The van der Waals surface area contributed by atoms with Gasteiger partial charge in [-0.05, 0) is 94.0 Å². The second-order valence-electron chi connectivity index (χ2n) is 20.6. The number of para-hydroxylation sites is 1. The van der Waals surface area contributed by atoms with Gasteiger partial charge in [0.05, 0.1) is 17.1 Å². The summed E-state index contributed by atoms with van der Waals surface area (Å²) in [5, 5.41) is 12.9. The van der Waals surface area contributed by atoms with E-state index in [1.165, 1.54) is 25.1 Å². The Morgan fingerprint density at radius 3 is 2.23 bits per heavy atom. The minimum absolute atomic E-state index is 0.0000535. The van der Waals surface area contributed by atoms with E-state index in [2.05, 4.69) is 42.4 Å². The SMILES string of the molecule is C=CC(C)(C)n1cc(C[C@H](NC(=O)[C@H](CCCC)NC(=O)[C@H](CC(C)C)N2CCCCC2=O)C(=O)N(C)[C@@H](CC(C)C)C(=O)N[C@@H](Cc2ccc3nc(OCF)ncc3c2)C(=O)N[C@@H](C)C=O)c2ccccc21. The zero-order valence-corrected chi connectivity index (χ0v) is 44.0. The van der Waals surface area contributed by atoms with Crippen molar-refractivity contribution < 1.29 is 42.7 Å². The molecule has 18 heteroatoms. The Morgan fingerprint density at radius 2 is 1.58 bits per heavy atom. The summed E-state index contributed by atoms with van der Waals surface area (Å²) in [6, 6.07) is 6.31. The predicted octanol–water partition coefficient (Wildman–Crippen LogP) is 6.25. The van der Waals surface area contributed by atoms with Gasteiger partial charge in [0.15, 0.2) is 0 Å². The minimum atomic E-state index is -1.26. The average Bonchev–Trinajstić information content (AvgIpc) is 3.74. The van der Waals surface area contributed by atoms with E-state index in [9.17, 15) is 33.2 Å². The molecule has 2 aromatic heterocycles. The van der Waals surface area contributed by atoms with Gasteiger partial charge in [-0.25, -0.2) is 9.37 Å². The van der Waals surface area contributed by atoms with Gasteiger partial charge in [-0.2, -0.15) is 4.98 Å². The van der Waals surface area contributed by atoms with Crippen LogP contribution >= 0.6 is 0 Å². The van der Waals surface area contributed by atoms with E-state index in [1.54, 1.807) is 23.1 Å². The van der Waals surface area contributed by atoms with Crippen LogP contribution in [0.15, 0.2) is 67.5 Å². The summed E-state index contributed by atoms with van der Waals surface area (Å²) >= 11 is 0. The zero-order chi connectivity index (χ0) is 53.6. The van der Waals surface area contributed by atoms with Gasteiger partial charge in [0.2, 0.25) is 42.3 Å². The van der Waals surface area contributed by atoms with Crippen molar-refractivity contribution in [3.05, 3.63) is 78.6 Å². The Labute approximate surface area is 428 Å². The molecule has 0 spiro atoms. The molecule has 4 aromatic rings. The molecule has 3 heterocycles. The van der Waals surface area contributed by atoms with Gasteiger partial charge in [-0.15, -0.1) is 6.58 Å². The number of halogens is 1. The van der Waals surface area contributed by atoms with E-state index in [-0.39, 0.29) is 49.4 Å². The molecule has 1 aliphatic heterocycles. The normalized spacial score (nSPS) is 15.5. The predicted molar refractivity (Wildman–Crippen MR) is 279 cm³/mol. The van der Waals surface area contributed by atoms with Crippen LogP contribution in [-0.2, 0) is 51.9 Å². The summed E-state index contributed by atoms with van der Waals surface area (Å²) in [5.41, 5.74) is 2.13. The summed E-state index contributed by atoms with van der Waals surface area (Å²) in [5.74, 6) is -3.05. The Morgan fingerprint density at radius 1 is 0.890 bits per heavy atom. The molecular formula is C55H76FN9O8. The molecule has 0 aliphatic carbocycles. The molecule has 1 fully saturated rings. The van der Waals surface area contributed by atoms with Crippen LogP contribution in [0.3, 0.4) is 0 Å². The molecule has 0 unspecified atom stereocenters. The number of likely N-dealkylation sites (N-methyl/N-ethyl adjacent to an activating group) is 1. The molecule has 6 amide bonds. The van der Waals surface area contributed by atoms with Crippen molar-refractivity contribution in [2.75, 3.05) is 20.5 Å². The number of fused-ring (bicyclic) bond motifs is 2. The Bertz CT molecular complexity index is 2600. The number of piperidine rings is 1. The van der Waals surface area contributed by atoms with E-state index >= 15 is 4.79 Å². The molecule has 17 nitrogen and oxygen atoms in total. The molecular weight excluding hydrogens is 934 g/mol. The molecule has 396 valence electrons. The summed E-state index contributed by atoms with van der Waals surface area (Å²) in [6.07, 6.45) is 9.77. The summed E-state index contributed by atoms with van der Waals surface area (Å²) in [7, 11) is 1.49. The van der Waals surface area contributed by atoms with Gasteiger partial charge >= 0.3 is 6.01 Å². The van der Waals surface area contributed by atoms with E-state index in [0.717, 1.165) is 35.7 Å². The number of amides is 6. The van der Waals surface area contributed by atoms with Crippen molar-refractivity contribution in [1.82, 2.24) is 45.6 Å². The number of hydrogen-bond acceptors (Lipinski definition) is 10. The molecule has 1 aliphatic rings. The number of aromatic nitrogens is 3. The highest BCUT2D eigenvalue weighted by atomic mass is 19.1. The third kappa shape index (κ3) is 15.2. The number of nitrogens with zero attached hydrogens (tertiary/aromatic N) is 5. The summed E-state index contributed by atoms with van der Waals surface area (Å²) in [4.78, 5) is 109. The highest BCUT2D eigenvalue weighted by Crippen LogP contribution is 2.30. The third-order valence-corrected chi connectivity index (χ3v) is 13.4. The molecule has 2 aromatic carbocycles. The van der Waals surface area contributed by atoms with Gasteiger partial charge in [0.25, 0.3) is 0 Å². The van der Waals surface area contributed by atoms with Gasteiger partial charge in [0.1, 0.15) is 36.5 Å². The van der Waals surface area contributed by atoms with E-state index in [4.69, 9.17) is 4.74 Å². The van der Waals surface area contributed by atoms with Crippen molar-refractivity contribution in [1.29, 1.82) is 0 Å². The molecule has 6 atom stereocenters. The molecule has 0 radical (unpaired) electrons. The first kappa shape index (κ1) is 57.2. The number of alkyl halides is 1. The third-order valence-electron chi connectivity index (χ3n) is 13.4. The Hall–Kier alpha value is -6.72.